The summed E-state index contributed by atoms with van der Waals surface area (Å²) < 4.78 is 5.69. The van der Waals surface area contributed by atoms with Gasteiger partial charge in [-0.05, 0) is 31.2 Å². The Labute approximate surface area is 117 Å². The van der Waals surface area contributed by atoms with Crippen molar-refractivity contribution in [3.05, 3.63) is 18.2 Å². The quantitative estimate of drug-likeness (QED) is 0.785. The maximum atomic E-state index is 5.91. The Kier molecular flexibility index (Phi) is 5.10. The molecule has 1 atom stereocenters. The fourth-order valence-electron chi connectivity index (χ4n) is 1.64. The van der Waals surface area contributed by atoms with E-state index in [0.29, 0.717) is 11.3 Å². The van der Waals surface area contributed by atoms with E-state index < -0.39 is 0 Å². The number of nitrogens with two attached hydrogens (primary N) is 1. The first-order valence-electron chi connectivity index (χ1n) is 6.99. The zero-order valence-corrected chi connectivity index (χ0v) is 13.1. The number of nitrogen functional groups attached to an aromatic ring is 1. The van der Waals surface area contributed by atoms with Crippen LogP contribution in [0.2, 0.25) is 0 Å². The van der Waals surface area contributed by atoms with E-state index in [9.17, 15) is 0 Å². The molecule has 0 bridgehead atoms. The largest absolute Gasteiger partial charge is 0.491 e. The second-order valence-electron chi connectivity index (χ2n) is 6.61. The zero-order valence-electron chi connectivity index (χ0n) is 13.1. The molecule has 0 saturated heterocycles. The van der Waals surface area contributed by atoms with Crippen LogP contribution in [0.3, 0.4) is 0 Å². The third-order valence-electron chi connectivity index (χ3n) is 3.39. The van der Waals surface area contributed by atoms with Crippen molar-refractivity contribution in [3.63, 3.8) is 0 Å². The lowest BCUT2D eigenvalue weighted by Gasteiger charge is -2.27. The van der Waals surface area contributed by atoms with Crippen molar-refractivity contribution in [2.24, 2.45) is 11.3 Å². The van der Waals surface area contributed by atoms with Gasteiger partial charge in [-0.2, -0.15) is 0 Å². The van der Waals surface area contributed by atoms with Crippen LogP contribution in [0.4, 0.5) is 11.4 Å². The molecule has 1 aromatic carbocycles. The van der Waals surface area contributed by atoms with Gasteiger partial charge >= 0.3 is 0 Å². The average molecular weight is 264 g/mol. The first kappa shape index (κ1) is 15.7. The average Bonchev–Trinajstić information content (AvgIpc) is 2.22. The number of benzene rings is 1. The summed E-state index contributed by atoms with van der Waals surface area (Å²) in [6.07, 6.45) is 0.156. The zero-order chi connectivity index (χ0) is 14.6. The second kappa shape index (κ2) is 6.18. The highest BCUT2D eigenvalue weighted by molar-refractivity contribution is 5.59. The molecule has 0 amide bonds. The summed E-state index contributed by atoms with van der Waals surface area (Å²) in [5, 5.41) is 3.45. The summed E-state index contributed by atoms with van der Waals surface area (Å²) in [5.74, 6) is 1.39. The third kappa shape index (κ3) is 5.41. The predicted octanol–water partition coefficient (Wildman–Crippen LogP) is 4.15. The molecule has 0 aliphatic rings. The molecule has 1 unspecified atom stereocenters. The van der Waals surface area contributed by atoms with Gasteiger partial charge in [0.2, 0.25) is 0 Å². The van der Waals surface area contributed by atoms with Crippen molar-refractivity contribution >= 4 is 11.4 Å². The molecule has 3 nitrogen and oxygen atoms in total. The molecule has 0 heterocycles. The summed E-state index contributed by atoms with van der Waals surface area (Å²) in [5.41, 5.74) is 7.95. The minimum absolute atomic E-state index is 0.156. The Balaban J connectivity index is 2.71. The van der Waals surface area contributed by atoms with Crippen LogP contribution in [0.15, 0.2) is 18.2 Å². The molecule has 0 aliphatic heterocycles. The summed E-state index contributed by atoms with van der Waals surface area (Å²) >= 11 is 0. The van der Waals surface area contributed by atoms with E-state index in [2.05, 4.69) is 33.0 Å². The molecular formula is C16H28N2O. The van der Waals surface area contributed by atoms with Crippen molar-refractivity contribution in [3.8, 4) is 5.75 Å². The van der Waals surface area contributed by atoms with Crippen LogP contribution in [0.1, 0.15) is 41.5 Å². The van der Waals surface area contributed by atoms with E-state index in [-0.39, 0.29) is 6.10 Å². The van der Waals surface area contributed by atoms with Gasteiger partial charge in [-0.25, -0.2) is 0 Å². The van der Waals surface area contributed by atoms with Gasteiger partial charge in [-0.1, -0.05) is 27.7 Å². The van der Waals surface area contributed by atoms with Crippen LogP contribution < -0.4 is 15.8 Å². The van der Waals surface area contributed by atoms with E-state index >= 15 is 0 Å². The van der Waals surface area contributed by atoms with Gasteiger partial charge in [0.05, 0.1) is 6.10 Å². The summed E-state index contributed by atoms with van der Waals surface area (Å²) in [6, 6.07) is 5.81. The van der Waals surface area contributed by atoms with E-state index in [4.69, 9.17) is 10.5 Å². The smallest absolute Gasteiger partial charge is 0.123 e. The maximum Gasteiger partial charge on any atom is 0.123 e. The summed E-state index contributed by atoms with van der Waals surface area (Å²) in [6.45, 7) is 14.0. The lowest BCUT2D eigenvalue weighted by molar-refractivity contribution is 0.242. The van der Waals surface area contributed by atoms with Crippen molar-refractivity contribution in [1.82, 2.24) is 0 Å². The van der Waals surface area contributed by atoms with Crippen LogP contribution in [0.25, 0.3) is 0 Å². The van der Waals surface area contributed by atoms with Crippen molar-refractivity contribution in [1.29, 1.82) is 0 Å². The molecule has 1 aromatic rings. The van der Waals surface area contributed by atoms with E-state index in [1.807, 2.05) is 32.0 Å². The normalized spacial score (nSPS) is 13.4. The van der Waals surface area contributed by atoms with Crippen LogP contribution in [0.5, 0.6) is 5.75 Å². The molecule has 0 spiro atoms. The van der Waals surface area contributed by atoms with E-state index in [1.54, 1.807) is 0 Å². The Morgan fingerprint density at radius 2 is 1.79 bits per heavy atom. The lowest BCUT2D eigenvalue weighted by Crippen LogP contribution is -2.24. The first-order valence-corrected chi connectivity index (χ1v) is 6.99. The van der Waals surface area contributed by atoms with Gasteiger partial charge in [0.1, 0.15) is 5.75 Å². The standard InChI is InChI=1S/C16H28N2O/c1-11(2)19-15-8-13(17)7-14(9-15)18-10-12(3)16(4,5)6/h7-9,11-12,18H,10,17H2,1-6H3. The van der Waals surface area contributed by atoms with Crippen molar-refractivity contribution in [2.75, 3.05) is 17.6 Å². The third-order valence-corrected chi connectivity index (χ3v) is 3.39. The van der Waals surface area contributed by atoms with Crippen LogP contribution in [-0.2, 0) is 0 Å². The Morgan fingerprint density at radius 3 is 2.32 bits per heavy atom. The van der Waals surface area contributed by atoms with Crippen LogP contribution in [0, 0.1) is 11.3 Å². The molecule has 3 N–H and O–H groups in total. The van der Waals surface area contributed by atoms with E-state index in [1.165, 1.54) is 0 Å². The second-order valence-corrected chi connectivity index (χ2v) is 6.61. The highest BCUT2D eigenvalue weighted by atomic mass is 16.5. The van der Waals surface area contributed by atoms with Gasteiger partial charge in [0.15, 0.2) is 0 Å². The van der Waals surface area contributed by atoms with Gasteiger partial charge in [0.25, 0.3) is 0 Å². The Bertz CT molecular complexity index is 408. The fourth-order valence-corrected chi connectivity index (χ4v) is 1.64. The summed E-state index contributed by atoms with van der Waals surface area (Å²) in [7, 11) is 0. The molecule has 0 fully saturated rings. The molecular weight excluding hydrogens is 236 g/mol. The number of ether oxygens (including phenoxy) is 1. The predicted molar refractivity (Wildman–Crippen MR) is 83.7 cm³/mol. The first-order chi connectivity index (χ1) is 8.68. The minimum atomic E-state index is 0.156. The van der Waals surface area contributed by atoms with Gasteiger partial charge in [0, 0.05) is 30.1 Å². The van der Waals surface area contributed by atoms with Gasteiger partial charge < -0.3 is 15.8 Å². The van der Waals surface area contributed by atoms with Crippen molar-refractivity contribution < 1.29 is 4.74 Å². The molecule has 1 rings (SSSR count). The molecule has 0 radical (unpaired) electrons. The minimum Gasteiger partial charge on any atom is -0.491 e. The molecule has 108 valence electrons. The van der Waals surface area contributed by atoms with E-state index in [0.717, 1.165) is 23.7 Å². The molecule has 0 aliphatic carbocycles. The monoisotopic (exact) mass is 264 g/mol. The Hall–Kier alpha value is -1.38. The molecule has 19 heavy (non-hydrogen) atoms. The fraction of sp³-hybridized carbons (Fsp3) is 0.625. The molecule has 0 saturated carbocycles. The highest BCUT2D eigenvalue weighted by Gasteiger charge is 2.19. The van der Waals surface area contributed by atoms with Gasteiger partial charge in [-0.15, -0.1) is 0 Å². The highest BCUT2D eigenvalue weighted by Crippen LogP contribution is 2.27. The van der Waals surface area contributed by atoms with Gasteiger partial charge in [-0.3, -0.25) is 0 Å². The van der Waals surface area contributed by atoms with Crippen LogP contribution in [-0.4, -0.2) is 12.6 Å². The number of rotatable bonds is 5. The number of hydrogen-bond acceptors (Lipinski definition) is 3. The number of anilines is 2. The Morgan fingerprint density at radius 1 is 1.16 bits per heavy atom. The van der Waals surface area contributed by atoms with Crippen molar-refractivity contribution in [2.45, 2.75) is 47.6 Å². The molecule has 3 heteroatoms. The topological polar surface area (TPSA) is 47.3 Å². The number of hydrogen-bond donors (Lipinski definition) is 2. The van der Waals surface area contributed by atoms with Crippen LogP contribution >= 0.6 is 0 Å². The lowest BCUT2D eigenvalue weighted by atomic mass is 9.82. The number of nitrogens with one attached hydrogen (secondary N) is 1. The molecule has 0 aromatic heterocycles. The maximum absolute atomic E-state index is 5.91. The SMILES string of the molecule is CC(C)Oc1cc(N)cc(NCC(C)C(C)(C)C)c1. The summed E-state index contributed by atoms with van der Waals surface area (Å²) in [4.78, 5) is 0.